The highest BCUT2D eigenvalue weighted by Gasteiger charge is 2.49. The molecule has 0 saturated carbocycles. The molecule has 0 atom stereocenters. The van der Waals surface area contributed by atoms with Gasteiger partial charge in [-0.1, -0.05) is 12.6 Å². The summed E-state index contributed by atoms with van der Waals surface area (Å²) in [7, 11) is -0.447. The second-order valence-electron chi connectivity index (χ2n) is 5.74. The van der Waals surface area contributed by atoms with Gasteiger partial charge in [0.25, 0.3) is 0 Å². The normalized spacial score (nSPS) is 11.6. The molecule has 0 aromatic heterocycles. The van der Waals surface area contributed by atoms with Crippen LogP contribution in [0.4, 0.5) is 13.2 Å². The summed E-state index contributed by atoms with van der Waals surface area (Å²) >= 11 is 0. The van der Waals surface area contributed by atoms with Crippen LogP contribution in [0.3, 0.4) is 0 Å². The number of hydrogen-bond donors (Lipinski definition) is 0. The lowest BCUT2D eigenvalue weighted by Gasteiger charge is -2.17. The number of methoxy groups -OCH3 is 4. The Hall–Kier alpha value is -3.08. The van der Waals surface area contributed by atoms with E-state index in [9.17, 15) is 21.6 Å². The zero-order valence-electron chi connectivity index (χ0n) is 16.5. The van der Waals surface area contributed by atoms with Crippen LogP contribution in [0.25, 0.3) is 5.57 Å². The number of halogens is 3. The lowest BCUT2D eigenvalue weighted by Crippen LogP contribution is -2.28. The molecule has 0 spiro atoms. The summed E-state index contributed by atoms with van der Waals surface area (Å²) in [4.78, 5) is 0. The van der Waals surface area contributed by atoms with Crippen LogP contribution in [0.15, 0.2) is 36.9 Å². The van der Waals surface area contributed by atoms with Crippen LogP contribution in [-0.4, -0.2) is 42.4 Å². The SMILES string of the molecule is C=C(c1ccc(OC)c(OS(=O)(=O)C(F)(F)F)c1)c1cc(OC)c(OC)c(OC)c1. The topological polar surface area (TPSA) is 80.3 Å². The van der Waals surface area contributed by atoms with Gasteiger partial charge in [0.2, 0.25) is 5.75 Å². The fraction of sp³-hybridized carbons (Fsp3) is 0.263. The van der Waals surface area contributed by atoms with Gasteiger partial charge in [-0.15, -0.1) is 0 Å². The fourth-order valence-electron chi connectivity index (χ4n) is 2.52. The lowest BCUT2D eigenvalue weighted by molar-refractivity contribution is -0.0500. The van der Waals surface area contributed by atoms with Gasteiger partial charge in [-0.05, 0) is 41.0 Å². The molecule has 0 amide bonds. The number of benzene rings is 2. The van der Waals surface area contributed by atoms with E-state index in [0.717, 1.165) is 13.2 Å². The molecular weight excluding hydrogens is 429 g/mol. The van der Waals surface area contributed by atoms with Crippen molar-refractivity contribution in [3.8, 4) is 28.7 Å². The van der Waals surface area contributed by atoms with E-state index in [1.807, 2.05) is 0 Å². The highest BCUT2D eigenvalue weighted by molar-refractivity contribution is 7.88. The predicted molar refractivity (Wildman–Crippen MR) is 103 cm³/mol. The van der Waals surface area contributed by atoms with Gasteiger partial charge in [0.1, 0.15) is 0 Å². The number of rotatable bonds is 8. The molecule has 0 heterocycles. The Kier molecular flexibility index (Phi) is 6.76. The highest BCUT2D eigenvalue weighted by atomic mass is 32.2. The van der Waals surface area contributed by atoms with E-state index in [1.165, 1.54) is 33.5 Å². The first-order valence-electron chi connectivity index (χ1n) is 8.17. The van der Waals surface area contributed by atoms with Crippen LogP contribution in [0.2, 0.25) is 0 Å². The largest absolute Gasteiger partial charge is 0.534 e. The van der Waals surface area contributed by atoms with E-state index >= 15 is 0 Å². The summed E-state index contributed by atoms with van der Waals surface area (Å²) in [5.41, 5.74) is -4.51. The molecule has 11 heteroatoms. The van der Waals surface area contributed by atoms with Crippen molar-refractivity contribution in [2.45, 2.75) is 5.51 Å². The molecular formula is C19H19F3O7S. The molecule has 7 nitrogen and oxygen atoms in total. The van der Waals surface area contributed by atoms with Gasteiger partial charge in [-0.3, -0.25) is 0 Å². The van der Waals surface area contributed by atoms with Crippen molar-refractivity contribution in [2.24, 2.45) is 0 Å². The monoisotopic (exact) mass is 448 g/mol. The molecule has 0 bridgehead atoms. The Morgan fingerprint density at radius 1 is 0.800 bits per heavy atom. The first-order valence-corrected chi connectivity index (χ1v) is 9.58. The van der Waals surface area contributed by atoms with Crippen molar-refractivity contribution < 1.29 is 44.7 Å². The van der Waals surface area contributed by atoms with E-state index in [2.05, 4.69) is 10.8 Å². The molecule has 0 unspecified atom stereocenters. The predicted octanol–water partition coefficient (Wildman–Crippen LogP) is 4.01. The Bertz CT molecular complexity index is 1020. The van der Waals surface area contributed by atoms with E-state index in [-0.39, 0.29) is 11.3 Å². The van der Waals surface area contributed by atoms with Gasteiger partial charge in [-0.25, -0.2) is 0 Å². The molecule has 0 saturated heterocycles. The van der Waals surface area contributed by atoms with Crippen molar-refractivity contribution in [3.05, 3.63) is 48.0 Å². The van der Waals surface area contributed by atoms with Crippen LogP contribution < -0.4 is 23.1 Å². The first kappa shape index (κ1) is 23.2. The third-order valence-corrected chi connectivity index (χ3v) is 4.97. The van der Waals surface area contributed by atoms with Crippen LogP contribution in [-0.2, 0) is 10.1 Å². The van der Waals surface area contributed by atoms with Gasteiger partial charge in [0.15, 0.2) is 23.0 Å². The maximum Gasteiger partial charge on any atom is 0.534 e. The highest BCUT2D eigenvalue weighted by Crippen LogP contribution is 2.42. The molecule has 2 aromatic rings. The molecule has 0 fully saturated rings. The van der Waals surface area contributed by atoms with Crippen LogP contribution in [0.1, 0.15) is 11.1 Å². The minimum absolute atomic E-state index is 0.204. The number of ether oxygens (including phenoxy) is 4. The summed E-state index contributed by atoms with van der Waals surface area (Å²) in [5.74, 6) is 0.159. The molecule has 30 heavy (non-hydrogen) atoms. The van der Waals surface area contributed by atoms with Crippen molar-refractivity contribution >= 4 is 15.7 Å². The molecule has 0 aliphatic heterocycles. The Balaban J connectivity index is 2.54. The average Bonchev–Trinajstić information content (AvgIpc) is 2.70. The molecule has 164 valence electrons. The minimum Gasteiger partial charge on any atom is -0.493 e. The summed E-state index contributed by atoms with van der Waals surface area (Å²) in [6.45, 7) is 3.92. The van der Waals surface area contributed by atoms with Gasteiger partial charge in [0, 0.05) is 0 Å². The van der Waals surface area contributed by atoms with Crippen molar-refractivity contribution in [3.63, 3.8) is 0 Å². The quantitative estimate of drug-likeness (QED) is 0.446. The van der Waals surface area contributed by atoms with E-state index in [1.54, 1.807) is 12.1 Å². The van der Waals surface area contributed by atoms with Crippen molar-refractivity contribution in [1.29, 1.82) is 0 Å². The Morgan fingerprint density at radius 3 is 1.73 bits per heavy atom. The molecule has 0 radical (unpaired) electrons. The summed E-state index contributed by atoms with van der Waals surface area (Å²) in [6.07, 6.45) is 0. The Morgan fingerprint density at radius 2 is 1.30 bits per heavy atom. The zero-order valence-corrected chi connectivity index (χ0v) is 17.3. The van der Waals surface area contributed by atoms with E-state index < -0.39 is 21.4 Å². The van der Waals surface area contributed by atoms with E-state index in [4.69, 9.17) is 18.9 Å². The maximum atomic E-state index is 12.7. The summed E-state index contributed by atoms with van der Waals surface area (Å²) in [6, 6.07) is 6.99. The van der Waals surface area contributed by atoms with E-state index in [0.29, 0.717) is 28.4 Å². The summed E-state index contributed by atoms with van der Waals surface area (Å²) < 4.78 is 85.9. The smallest absolute Gasteiger partial charge is 0.493 e. The van der Waals surface area contributed by atoms with Crippen molar-refractivity contribution in [2.75, 3.05) is 28.4 Å². The zero-order chi connectivity index (χ0) is 22.7. The molecule has 0 aliphatic carbocycles. The Labute approximate surface area is 171 Å². The van der Waals surface area contributed by atoms with Gasteiger partial charge >= 0.3 is 15.6 Å². The maximum absolute atomic E-state index is 12.7. The molecule has 2 aromatic carbocycles. The fourth-order valence-corrected chi connectivity index (χ4v) is 2.98. The van der Waals surface area contributed by atoms with Gasteiger partial charge in [-0.2, -0.15) is 21.6 Å². The van der Waals surface area contributed by atoms with Crippen LogP contribution in [0, 0.1) is 0 Å². The summed E-state index contributed by atoms with van der Waals surface area (Å²) in [5, 5.41) is 0. The third kappa shape index (κ3) is 4.56. The standard InChI is InChI=1S/C19H19F3O7S/c1-11(13-9-16(26-3)18(28-5)17(10-13)27-4)12-6-7-14(25-2)15(8-12)29-30(23,24)19(20,21)22/h6-10H,1H2,2-5H3. The minimum atomic E-state index is -5.89. The third-order valence-electron chi connectivity index (χ3n) is 4.01. The lowest BCUT2D eigenvalue weighted by atomic mass is 9.98. The second kappa shape index (κ2) is 8.74. The molecule has 0 aliphatic rings. The second-order valence-corrected chi connectivity index (χ2v) is 7.28. The van der Waals surface area contributed by atoms with Crippen LogP contribution in [0.5, 0.6) is 28.7 Å². The van der Waals surface area contributed by atoms with Gasteiger partial charge in [0.05, 0.1) is 28.4 Å². The first-order chi connectivity index (χ1) is 14.0. The van der Waals surface area contributed by atoms with Gasteiger partial charge < -0.3 is 23.1 Å². The average molecular weight is 448 g/mol. The molecule has 2 rings (SSSR count). The van der Waals surface area contributed by atoms with Crippen molar-refractivity contribution in [1.82, 2.24) is 0 Å². The number of hydrogen-bond acceptors (Lipinski definition) is 7. The molecule has 0 N–H and O–H groups in total. The van der Waals surface area contributed by atoms with Crippen LogP contribution >= 0.6 is 0 Å². The number of alkyl halides is 3.